The predicted octanol–water partition coefficient (Wildman–Crippen LogP) is 5.93. The number of allylic oxidation sites excluding steroid dienone is 2. The number of ether oxygens (including phenoxy) is 2. The van der Waals surface area contributed by atoms with Gasteiger partial charge < -0.3 is 30.3 Å². The summed E-state index contributed by atoms with van der Waals surface area (Å²) in [5.74, 6) is -0.0860. The average molecular weight is 614 g/mol. The Bertz CT molecular complexity index is 1380. The molecule has 44 heavy (non-hydrogen) atoms. The second-order valence-corrected chi connectivity index (χ2v) is 11.5. The lowest BCUT2D eigenvalue weighted by molar-refractivity contribution is -0.121. The predicted molar refractivity (Wildman–Crippen MR) is 168 cm³/mol. The highest BCUT2D eigenvalue weighted by Crippen LogP contribution is 2.37. The van der Waals surface area contributed by atoms with Gasteiger partial charge in [0.15, 0.2) is 0 Å². The number of alkyl halides is 3. The fraction of sp³-hybridized carbons (Fsp3) is 0.455. The number of halogens is 3. The van der Waals surface area contributed by atoms with Crippen LogP contribution in [-0.4, -0.2) is 69.1 Å². The molecular formula is C33H42F3N5O3. The summed E-state index contributed by atoms with van der Waals surface area (Å²) in [6, 6.07) is 12.8. The lowest BCUT2D eigenvalue weighted by atomic mass is 9.97. The summed E-state index contributed by atoms with van der Waals surface area (Å²) in [7, 11) is 3.46. The fourth-order valence-electron chi connectivity index (χ4n) is 5.82. The molecule has 1 heterocycles. The monoisotopic (exact) mass is 613 g/mol. The highest BCUT2D eigenvalue weighted by atomic mass is 19.4. The van der Waals surface area contributed by atoms with Crippen molar-refractivity contribution in [2.75, 3.05) is 51.0 Å². The standard InChI is InChI=1S/C33H42F3N5O3/c1-6-37-21-32(17-24-10-7-8-11-25(24)18-32)44-22(2)28(33(34,35)36)19-38-23(3)39-29-14-13-27(16-30(29)43-5)40-31(42)26-12-9-15-41(4)20-26/h7-8,10-11,13-14,16,19,26,37,39H,3,6,9,12,15,17-18,20-21H2,1-2,4-5H3,(H,40,42)/b28-22-,38-19-. The molecule has 8 nitrogen and oxygen atoms in total. The topological polar surface area (TPSA) is 87.2 Å². The number of fused-ring (bicyclic) bond motifs is 1. The van der Waals surface area contributed by atoms with E-state index in [0.717, 1.165) is 36.7 Å². The summed E-state index contributed by atoms with van der Waals surface area (Å²) in [4.78, 5) is 18.9. The second-order valence-electron chi connectivity index (χ2n) is 11.5. The lowest BCUT2D eigenvalue weighted by Crippen LogP contribution is -2.44. The third kappa shape index (κ3) is 8.41. The molecule has 2 aromatic rings. The Morgan fingerprint density at radius 3 is 2.50 bits per heavy atom. The zero-order valence-electron chi connectivity index (χ0n) is 25.8. The van der Waals surface area contributed by atoms with Crippen LogP contribution in [0.2, 0.25) is 0 Å². The molecule has 0 saturated carbocycles. The van der Waals surface area contributed by atoms with Crippen LogP contribution in [0.1, 0.15) is 37.8 Å². The SMILES string of the molecule is C=C(/N=C\C(=C(/C)OC1(CNCC)Cc2ccccc2C1)C(F)(F)F)Nc1ccc(NC(=O)C2CCCN(C)C2)cc1OC. The zero-order valence-corrected chi connectivity index (χ0v) is 25.8. The van der Waals surface area contributed by atoms with Crippen molar-refractivity contribution in [2.45, 2.75) is 51.3 Å². The van der Waals surface area contributed by atoms with E-state index in [4.69, 9.17) is 9.47 Å². The van der Waals surface area contributed by atoms with E-state index in [1.54, 1.807) is 18.2 Å². The molecule has 1 aliphatic carbocycles. The van der Waals surface area contributed by atoms with Crippen molar-refractivity contribution in [2.24, 2.45) is 10.9 Å². The van der Waals surface area contributed by atoms with Crippen molar-refractivity contribution >= 4 is 23.5 Å². The number of piperidine rings is 1. The minimum absolute atomic E-state index is 0.0319. The highest BCUT2D eigenvalue weighted by molar-refractivity contribution is 5.93. The maximum atomic E-state index is 14.2. The van der Waals surface area contributed by atoms with Crippen LogP contribution < -0.4 is 20.7 Å². The van der Waals surface area contributed by atoms with Crippen molar-refractivity contribution < 1.29 is 27.4 Å². The van der Waals surface area contributed by atoms with E-state index < -0.39 is 17.4 Å². The molecule has 238 valence electrons. The molecule has 1 aliphatic heterocycles. The molecule has 0 spiro atoms. The largest absolute Gasteiger partial charge is 0.494 e. The van der Waals surface area contributed by atoms with Crippen LogP contribution in [0.25, 0.3) is 0 Å². The maximum Gasteiger partial charge on any atom is 0.421 e. The van der Waals surface area contributed by atoms with E-state index in [0.29, 0.717) is 49.6 Å². The van der Waals surface area contributed by atoms with E-state index >= 15 is 0 Å². The molecule has 2 aromatic carbocycles. The van der Waals surface area contributed by atoms with Crippen LogP contribution in [0.15, 0.2) is 71.2 Å². The molecule has 2 aliphatic rings. The van der Waals surface area contributed by atoms with Gasteiger partial charge in [-0.2, -0.15) is 13.2 Å². The Morgan fingerprint density at radius 1 is 1.18 bits per heavy atom. The number of nitrogens with zero attached hydrogens (tertiary/aromatic N) is 2. The van der Waals surface area contributed by atoms with Crippen molar-refractivity contribution in [3.8, 4) is 5.75 Å². The van der Waals surface area contributed by atoms with Crippen molar-refractivity contribution in [1.29, 1.82) is 0 Å². The van der Waals surface area contributed by atoms with Crippen molar-refractivity contribution in [3.05, 3.63) is 77.3 Å². The number of carbonyl (C=O) groups is 1. The van der Waals surface area contributed by atoms with Crippen LogP contribution >= 0.6 is 0 Å². The number of carbonyl (C=O) groups excluding carboxylic acids is 1. The summed E-state index contributed by atoms with van der Waals surface area (Å²) in [6.07, 6.45) is -1.19. The summed E-state index contributed by atoms with van der Waals surface area (Å²) in [6.45, 7) is 9.79. The number of rotatable bonds is 12. The summed E-state index contributed by atoms with van der Waals surface area (Å²) in [5, 5.41) is 9.08. The molecule has 1 saturated heterocycles. The molecule has 1 fully saturated rings. The van der Waals surface area contributed by atoms with Gasteiger partial charge in [0.05, 0.1) is 18.7 Å². The Morgan fingerprint density at radius 2 is 1.89 bits per heavy atom. The Balaban J connectivity index is 1.47. The van der Waals surface area contributed by atoms with Gasteiger partial charge in [0.1, 0.15) is 28.5 Å². The molecule has 3 N–H and O–H groups in total. The van der Waals surface area contributed by atoms with Gasteiger partial charge in [0, 0.05) is 43.9 Å². The molecular weight excluding hydrogens is 571 g/mol. The first-order chi connectivity index (χ1) is 20.9. The molecule has 0 bridgehead atoms. The zero-order chi connectivity index (χ0) is 31.9. The minimum atomic E-state index is -4.70. The van der Waals surface area contributed by atoms with Gasteiger partial charge in [0.25, 0.3) is 0 Å². The number of anilines is 2. The number of hydrogen-bond acceptors (Lipinski definition) is 7. The maximum absolute atomic E-state index is 14.2. The van der Waals surface area contributed by atoms with Crippen LogP contribution in [-0.2, 0) is 22.4 Å². The Kier molecular flexibility index (Phi) is 10.7. The average Bonchev–Trinajstić information content (AvgIpc) is 3.34. The minimum Gasteiger partial charge on any atom is -0.494 e. The fourth-order valence-corrected chi connectivity index (χ4v) is 5.82. The van der Waals surface area contributed by atoms with Crippen LogP contribution in [0.4, 0.5) is 24.5 Å². The first-order valence-electron chi connectivity index (χ1n) is 14.8. The molecule has 4 rings (SSSR count). The Hall–Kier alpha value is -3.83. The van der Waals surface area contributed by atoms with E-state index in [2.05, 4.69) is 32.4 Å². The number of likely N-dealkylation sites (N-methyl/N-ethyl adjacent to an activating group) is 1. The second kappa shape index (κ2) is 14.3. The quantitative estimate of drug-likeness (QED) is 0.203. The van der Waals surface area contributed by atoms with E-state index in [1.165, 1.54) is 14.0 Å². The van der Waals surface area contributed by atoms with Gasteiger partial charge >= 0.3 is 6.18 Å². The van der Waals surface area contributed by atoms with Crippen molar-refractivity contribution in [1.82, 2.24) is 10.2 Å². The van der Waals surface area contributed by atoms with Gasteiger partial charge in [-0.05, 0) is 63.2 Å². The number of hydrogen-bond donors (Lipinski definition) is 3. The van der Waals surface area contributed by atoms with Crippen LogP contribution in [0.5, 0.6) is 5.75 Å². The molecule has 1 amide bonds. The van der Waals surface area contributed by atoms with Crippen molar-refractivity contribution in [3.63, 3.8) is 0 Å². The van der Waals surface area contributed by atoms with Gasteiger partial charge in [-0.3, -0.25) is 4.79 Å². The molecule has 1 atom stereocenters. The van der Waals surface area contributed by atoms with E-state index in [1.807, 2.05) is 38.2 Å². The number of methoxy groups -OCH3 is 1. The summed E-state index contributed by atoms with van der Waals surface area (Å²) < 4.78 is 54.3. The lowest BCUT2D eigenvalue weighted by Gasteiger charge is -2.32. The first-order valence-corrected chi connectivity index (χ1v) is 14.8. The first kappa shape index (κ1) is 33.1. The normalized spacial score (nSPS) is 18.8. The van der Waals surface area contributed by atoms with E-state index in [-0.39, 0.29) is 23.4 Å². The molecule has 11 heteroatoms. The van der Waals surface area contributed by atoms with E-state index in [9.17, 15) is 18.0 Å². The van der Waals surface area contributed by atoms with Crippen LogP contribution in [0.3, 0.4) is 0 Å². The smallest absolute Gasteiger partial charge is 0.421 e. The number of likely N-dealkylation sites (tertiary alicyclic amines) is 1. The summed E-state index contributed by atoms with van der Waals surface area (Å²) in [5.41, 5.74) is 1.28. The number of nitrogens with one attached hydrogen (secondary N) is 3. The Labute approximate surface area is 257 Å². The van der Waals surface area contributed by atoms with Crippen LogP contribution in [0, 0.1) is 5.92 Å². The molecule has 1 unspecified atom stereocenters. The number of amides is 1. The number of aliphatic imine (C=N–C) groups is 1. The van der Waals surface area contributed by atoms with Gasteiger partial charge in [0.2, 0.25) is 5.91 Å². The summed E-state index contributed by atoms with van der Waals surface area (Å²) >= 11 is 0. The number of benzene rings is 2. The molecule has 0 aromatic heterocycles. The van der Waals surface area contributed by atoms with Gasteiger partial charge in [-0.25, -0.2) is 4.99 Å². The van der Waals surface area contributed by atoms with Gasteiger partial charge in [-0.15, -0.1) is 0 Å². The third-order valence-electron chi connectivity index (χ3n) is 7.99. The third-order valence-corrected chi connectivity index (χ3v) is 7.99. The molecule has 0 radical (unpaired) electrons. The van der Waals surface area contributed by atoms with Gasteiger partial charge in [-0.1, -0.05) is 37.8 Å². The highest BCUT2D eigenvalue weighted by Gasteiger charge is 2.42.